The fourth-order valence-corrected chi connectivity index (χ4v) is 4.46. The van der Waals surface area contributed by atoms with Crippen molar-refractivity contribution in [2.24, 2.45) is 0 Å². The quantitative estimate of drug-likeness (QED) is 0.814. The maximum absolute atomic E-state index is 12.4. The number of rotatable bonds is 4. The van der Waals surface area contributed by atoms with Gasteiger partial charge in [-0.15, -0.1) is 0 Å². The van der Waals surface area contributed by atoms with Crippen molar-refractivity contribution >= 4 is 11.6 Å². The normalized spacial score (nSPS) is 22.2. The number of ether oxygens (including phenoxy) is 2. The van der Waals surface area contributed by atoms with Crippen molar-refractivity contribution in [3.8, 4) is 28.7 Å². The lowest BCUT2D eigenvalue weighted by Gasteiger charge is -2.21. The molecule has 7 nitrogen and oxygen atoms in total. The monoisotopic (exact) mass is 404 g/mol. The molecule has 2 saturated heterocycles. The third-order valence-corrected chi connectivity index (χ3v) is 6.08. The Balaban J connectivity index is 1.30. The topological polar surface area (TPSA) is 86.6 Å². The summed E-state index contributed by atoms with van der Waals surface area (Å²) in [6.07, 6.45) is 2.84. The summed E-state index contributed by atoms with van der Waals surface area (Å²) in [6, 6.07) is 14.1. The van der Waals surface area contributed by atoms with Crippen molar-refractivity contribution in [3.05, 3.63) is 42.0 Å². The van der Waals surface area contributed by atoms with Crippen molar-refractivity contribution < 1.29 is 14.3 Å². The number of nitriles is 1. The average Bonchev–Trinajstić information content (AvgIpc) is 3.54. The van der Waals surface area contributed by atoms with E-state index in [4.69, 9.17) is 9.47 Å². The number of carbonyl (C=O) groups is 1. The minimum Gasteiger partial charge on any atom is -0.454 e. The molecular formula is C23H24N4O3. The lowest BCUT2D eigenvalue weighted by molar-refractivity contribution is -0.123. The summed E-state index contributed by atoms with van der Waals surface area (Å²) in [5.41, 5.74) is 3.50. The van der Waals surface area contributed by atoms with Gasteiger partial charge in [-0.25, -0.2) is 0 Å². The maximum atomic E-state index is 12.4. The zero-order chi connectivity index (χ0) is 20.5. The Bertz CT molecular complexity index is 1010. The van der Waals surface area contributed by atoms with Crippen LogP contribution < -0.4 is 25.0 Å². The number of amides is 1. The molecule has 3 heterocycles. The number of nitrogens with one attached hydrogen (secondary N) is 2. The summed E-state index contributed by atoms with van der Waals surface area (Å²) in [6.45, 7) is 2.69. The number of anilines is 1. The lowest BCUT2D eigenvalue weighted by atomic mass is 10.0. The zero-order valence-corrected chi connectivity index (χ0v) is 16.7. The highest BCUT2D eigenvalue weighted by Crippen LogP contribution is 2.37. The molecule has 0 spiro atoms. The van der Waals surface area contributed by atoms with E-state index in [1.54, 1.807) is 0 Å². The molecule has 0 saturated carbocycles. The molecule has 30 heavy (non-hydrogen) atoms. The van der Waals surface area contributed by atoms with E-state index >= 15 is 0 Å². The Labute approximate surface area is 175 Å². The van der Waals surface area contributed by atoms with Crippen molar-refractivity contribution in [1.29, 1.82) is 5.26 Å². The Hall–Kier alpha value is -3.24. The van der Waals surface area contributed by atoms with E-state index in [2.05, 4.69) is 21.6 Å². The molecule has 154 valence electrons. The van der Waals surface area contributed by atoms with Gasteiger partial charge in [-0.2, -0.15) is 5.26 Å². The van der Waals surface area contributed by atoms with Gasteiger partial charge < -0.3 is 25.0 Å². The van der Waals surface area contributed by atoms with Gasteiger partial charge in [0.15, 0.2) is 11.5 Å². The van der Waals surface area contributed by atoms with Crippen molar-refractivity contribution in [1.82, 2.24) is 10.6 Å². The number of nitrogens with zero attached hydrogens (tertiary/aromatic N) is 2. The SMILES string of the molecule is N#Cc1cc(-c2ccc3c(c2)OCO3)ccc1N1CCC(NC(=O)C2CCCN2)C1. The molecule has 2 unspecified atom stereocenters. The maximum Gasteiger partial charge on any atom is 0.237 e. The summed E-state index contributed by atoms with van der Waals surface area (Å²) in [5, 5.41) is 16.2. The van der Waals surface area contributed by atoms with Gasteiger partial charge in [0.1, 0.15) is 6.07 Å². The number of carbonyl (C=O) groups excluding carboxylic acids is 1. The molecule has 0 aliphatic carbocycles. The number of hydrogen-bond acceptors (Lipinski definition) is 6. The van der Waals surface area contributed by atoms with E-state index in [0.29, 0.717) is 5.56 Å². The van der Waals surface area contributed by atoms with E-state index in [9.17, 15) is 10.1 Å². The zero-order valence-electron chi connectivity index (χ0n) is 16.7. The standard InChI is InChI=1S/C23H24N4O3/c24-12-17-10-15(16-4-6-21-22(11-16)30-14-29-21)3-5-20(17)27-9-7-18(13-27)26-23(28)19-2-1-8-25-19/h3-6,10-11,18-19,25H,1-2,7-9,13-14H2,(H,26,28). The second-order valence-corrected chi connectivity index (χ2v) is 8.00. The molecule has 0 radical (unpaired) electrons. The second-order valence-electron chi connectivity index (χ2n) is 8.00. The minimum atomic E-state index is -0.0605. The Morgan fingerprint density at radius 2 is 1.97 bits per heavy atom. The van der Waals surface area contributed by atoms with Crippen LogP contribution in [-0.2, 0) is 4.79 Å². The van der Waals surface area contributed by atoms with Gasteiger partial charge in [-0.05, 0) is 61.2 Å². The van der Waals surface area contributed by atoms with E-state index in [-0.39, 0.29) is 24.8 Å². The predicted octanol–water partition coefficient (Wildman–Crippen LogP) is 2.40. The largest absolute Gasteiger partial charge is 0.454 e. The molecule has 2 N–H and O–H groups in total. The van der Waals surface area contributed by atoms with Crippen LogP contribution in [0.15, 0.2) is 36.4 Å². The smallest absolute Gasteiger partial charge is 0.237 e. The Morgan fingerprint density at radius 1 is 1.13 bits per heavy atom. The first-order valence-electron chi connectivity index (χ1n) is 10.4. The molecule has 1 amide bonds. The highest BCUT2D eigenvalue weighted by Gasteiger charge is 2.29. The predicted molar refractivity (Wildman–Crippen MR) is 113 cm³/mol. The van der Waals surface area contributed by atoms with Gasteiger partial charge in [0.2, 0.25) is 12.7 Å². The van der Waals surface area contributed by atoms with Crippen LogP contribution in [0.3, 0.4) is 0 Å². The van der Waals surface area contributed by atoms with Crippen LogP contribution in [0.25, 0.3) is 11.1 Å². The lowest BCUT2D eigenvalue weighted by Crippen LogP contribution is -2.46. The minimum absolute atomic E-state index is 0.0605. The van der Waals surface area contributed by atoms with E-state index < -0.39 is 0 Å². The number of hydrogen-bond donors (Lipinski definition) is 2. The fourth-order valence-electron chi connectivity index (χ4n) is 4.46. The summed E-state index contributed by atoms with van der Waals surface area (Å²) >= 11 is 0. The summed E-state index contributed by atoms with van der Waals surface area (Å²) < 4.78 is 10.8. The molecule has 7 heteroatoms. The van der Waals surface area contributed by atoms with Crippen molar-refractivity contribution in [2.45, 2.75) is 31.3 Å². The molecule has 2 fully saturated rings. The molecule has 2 aromatic carbocycles. The number of benzene rings is 2. The highest BCUT2D eigenvalue weighted by molar-refractivity contribution is 5.82. The first-order valence-corrected chi connectivity index (χ1v) is 10.4. The van der Waals surface area contributed by atoms with Gasteiger partial charge >= 0.3 is 0 Å². The van der Waals surface area contributed by atoms with Gasteiger partial charge in [-0.3, -0.25) is 4.79 Å². The van der Waals surface area contributed by atoms with Crippen molar-refractivity contribution in [3.63, 3.8) is 0 Å². The van der Waals surface area contributed by atoms with E-state index in [1.807, 2.05) is 36.4 Å². The molecule has 0 bridgehead atoms. The van der Waals surface area contributed by atoms with Gasteiger partial charge in [0, 0.05) is 19.1 Å². The van der Waals surface area contributed by atoms with Crippen LogP contribution in [-0.4, -0.2) is 44.4 Å². The van der Waals surface area contributed by atoms with Crippen LogP contribution in [0.2, 0.25) is 0 Å². The van der Waals surface area contributed by atoms with Crippen LogP contribution in [0.5, 0.6) is 11.5 Å². The van der Waals surface area contributed by atoms with Crippen LogP contribution in [0, 0.1) is 11.3 Å². The van der Waals surface area contributed by atoms with Gasteiger partial charge in [0.05, 0.1) is 17.3 Å². The molecule has 5 rings (SSSR count). The molecule has 2 atom stereocenters. The summed E-state index contributed by atoms with van der Waals surface area (Å²) in [4.78, 5) is 14.6. The van der Waals surface area contributed by atoms with Gasteiger partial charge in [-0.1, -0.05) is 12.1 Å². The molecular weight excluding hydrogens is 380 g/mol. The average molecular weight is 404 g/mol. The van der Waals surface area contributed by atoms with Crippen LogP contribution in [0.4, 0.5) is 5.69 Å². The number of fused-ring (bicyclic) bond motifs is 1. The van der Waals surface area contributed by atoms with E-state index in [1.165, 1.54) is 0 Å². The summed E-state index contributed by atoms with van der Waals surface area (Å²) in [7, 11) is 0. The third kappa shape index (κ3) is 3.55. The van der Waals surface area contributed by atoms with Gasteiger partial charge in [0.25, 0.3) is 0 Å². The Kier molecular flexibility index (Phi) is 4.93. The van der Waals surface area contributed by atoms with Crippen molar-refractivity contribution in [2.75, 3.05) is 31.3 Å². The van der Waals surface area contributed by atoms with Crippen LogP contribution >= 0.6 is 0 Å². The van der Waals surface area contributed by atoms with E-state index in [0.717, 1.165) is 67.2 Å². The molecule has 3 aliphatic heterocycles. The third-order valence-electron chi connectivity index (χ3n) is 6.08. The second kappa shape index (κ2) is 7.88. The molecule has 3 aliphatic rings. The first-order chi connectivity index (χ1) is 14.7. The fraction of sp³-hybridized carbons (Fsp3) is 0.391. The highest BCUT2D eigenvalue weighted by atomic mass is 16.7. The molecule has 2 aromatic rings. The Morgan fingerprint density at radius 3 is 2.80 bits per heavy atom. The first kappa shape index (κ1) is 18.8. The molecule has 0 aromatic heterocycles. The van der Waals surface area contributed by atoms with Crippen LogP contribution in [0.1, 0.15) is 24.8 Å². The summed E-state index contributed by atoms with van der Waals surface area (Å²) in [5.74, 6) is 1.57.